The first-order valence-corrected chi connectivity index (χ1v) is 10.8. The summed E-state index contributed by atoms with van der Waals surface area (Å²) in [6.45, 7) is 3.64. The van der Waals surface area contributed by atoms with E-state index < -0.39 is 17.8 Å². The molecule has 1 aliphatic heterocycles. The van der Waals surface area contributed by atoms with Gasteiger partial charge in [-0.2, -0.15) is 0 Å². The van der Waals surface area contributed by atoms with Gasteiger partial charge in [-0.1, -0.05) is 41.7 Å². The van der Waals surface area contributed by atoms with Gasteiger partial charge in [0.15, 0.2) is 4.80 Å². The van der Waals surface area contributed by atoms with Crippen LogP contribution in [0.15, 0.2) is 69.6 Å². The maximum atomic E-state index is 14.2. The van der Waals surface area contributed by atoms with Gasteiger partial charge in [-0.25, -0.2) is 14.2 Å². The van der Waals surface area contributed by atoms with Gasteiger partial charge in [-0.15, -0.1) is 0 Å². The van der Waals surface area contributed by atoms with E-state index in [1.54, 1.807) is 63.4 Å². The lowest BCUT2D eigenvalue weighted by molar-refractivity contribution is -0.139. The number of fused-ring (bicyclic) bond motifs is 1. The average molecular weight is 453 g/mol. The van der Waals surface area contributed by atoms with E-state index in [1.165, 1.54) is 16.7 Å². The fourth-order valence-corrected chi connectivity index (χ4v) is 4.66. The van der Waals surface area contributed by atoms with Crippen molar-refractivity contribution in [3.8, 4) is 5.75 Å². The standard InChI is InChI=1S/C24H21FN2O4S/c1-4-31-23(29)20-14(2)26-24-27(21(20)15-9-11-17(30-3)12-10-15)22(28)19(32-24)13-16-7-5-6-8-18(16)25/h5-13,21H,4H2,1-3H3/b19-13+. The summed E-state index contributed by atoms with van der Waals surface area (Å²) < 4.78 is 26.5. The third-order valence-electron chi connectivity index (χ3n) is 5.14. The minimum absolute atomic E-state index is 0.197. The Bertz CT molecular complexity index is 1390. The molecule has 1 atom stereocenters. The molecule has 0 N–H and O–H groups in total. The molecule has 0 amide bonds. The van der Waals surface area contributed by atoms with Crippen molar-refractivity contribution in [1.29, 1.82) is 0 Å². The predicted octanol–water partition coefficient (Wildman–Crippen LogP) is 2.95. The van der Waals surface area contributed by atoms with Crippen molar-refractivity contribution >= 4 is 23.4 Å². The number of hydrogen-bond donors (Lipinski definition) is 0. The minimum atomic E-state index is -0.723. The van der Waals surface area contributed by atoms with Crippen LogP contribution in [0.1, 0.15) is 31.0 Å². The third-order valence-corrected chi connectivity index (χ3v) is 6.12. The first-order chi connectivity index (χ1) is 15.4. The van der Waals surface area contributed by atoms with Crippen molar-refractivity contribution in [2.24, 2.45) is 4.99 Å². The molecular formula is C24H21FN2O4S. The second-order valence-corrected chi connectivity index (χ2v) is 8.11. The summed E-state index contributed by atoms with van der Waals surface area (Å²) in [4.78, 5) is 31.2. The molecular weight excluding hydrogens is 431 g/mol. The number of allylic oxidation sites excluding steroid dienone is 1. The highest BCUT2D eigenvalue weighted by atomic mass is 32.1. The highest BCUT2D eigenvalue weighted by molar-refractivity contribution is 7.07. The normalized spacial score (nSPS) is 15.9. The van der Waals surface area contributed by atoms with Crippen LogP contribution >= 0.6 is 11.3 Å². The molecule has 0 spiro atoms. The van der Waals surface area contributed by atoms with Gasteiger partial charge in [0.25, 0.3) is 5.56 Å². The number of carbonyl (C=O) groups is 1. The molecule has 164 valence electrons. The summed E-state index contributed by atoms with van der Waals surface area (Å²) in [7, 11) is 1.56. The highest BCUT2D eigenvalue weighted by Crippen LogP contribution is 2.31. The van der Waals surface area contributed by atoms with E-state index in [4.69, 9.17) is 9.47 Å². The zero-order valence-electron chi connectivity index (χ0n) is 17.8. The van der Waals surface area contributed by atoms with E-state index in [1.807, 2.05) is 0 Å². The number of nitrogens with zero attached hydrogens (tertiary/aromatic N) is 2. The molecule has 2 aromatic carbocycles. The Morgan fingerprint density at radius 1 is 1.22 bits per heavy atom. The first kappa shape index (κ1) is 21.7. The van der Waals surface area contributed by atoms with Crippen LogP contribution in [-0.2, 0) is 9.53 Å². The van der Waals surface area contributed by atoms with Gasteiger partial charge in [0.1, 0.15) is 11.6 Å². The molecule has 3 aromatic rings. The largest absolute Gasteiger partial charge is 0.497 e. The number of methoxy groups -OCH3 is 1. The smallest absolute Gasteiger partial charge is 0.338 e. The Morgan fingerprint density at radius 3 is 2.59 bits per heavy atom. The predicted molar refractivity (Wildman–Crippen MR) is 120 cm³/mol. The lowest BCUT2D eigenvalue weighted by Crippen LogP contribution is -2.39. The van der Waals surface area contributed by atoms with Gasteiger partial charge in [-0.05, 0) is 43.7 Å². The monoisotopic (exact) mass is 452 g/mol. The van der Waals surface area contributed by atoms with Crippen molar-refractivity contribution in [2.75, 3.05) is 13.7 Å². The van der Waals surface area contributed by atoms with Crippen molar-refractivity contribution in [2.45, 2.75) is 19.9 Å². The molecule has 2 heterocycles. The number of thiazole rings is 1. The fourth-order valence-electron chi connectivity index (χ4n) is 3.63. The molecule has 1 aliphatic rings. The lowest BCUT2D eigenvalue weighted by Gasteiger charge is -2.24. The van der Waals surface area contributed by atoms with Crippen LogP contribution in [0, 0.1) is 5.82 Å². The van der Waals surface area contributed by atoms with E-state index in [0.717, 1.165) is 11.3 Å². The Morgan fingerprint density at radius 2 is 1.94 bits per heavy atom. The van der Waals surface area contributed by atoms with Gasteiger partial charge < -0.3 is 9.47 Å². The van der Waals surface area contributed by atoms with E-state index in [0.29, 0.717) is 37.5 Å². The number of halogens is 1. The van der Waals surface area contributed by atoms with Crippen LogP contribution in [0.4, 0.5) is 4.39 Å². The number of carbonyl (C=O) groups excluding carboxylic acids is 1. The second kappa shape index (κ2) is 8.92. The second-order valence-electron chi connectivity index (χ2n) is 7.10. The number of rotatable bonds is 5. The Balaban J connectivity index is 1.96. The maximum absolute atomic E-state index is 14.2. The molecule has 1 unspecified atom stereocenters. The summed E-state index contributed by atoms with van der Waals surface area (Å²) in [5.74, 6) is -0.300. The van der Waals surface area contributed by atoms with Crippen LogP contribution in [0.2, 0.25) is 0 Å². The van der Waals surface area contributed by atoms with Crippen molar-refractivity contribution in [3.05, 3.63) is 96.4 Å². The van der Waals surface area contributed by atoms with Crippen LogP contribution in [0.3, 0.4) is 0 Å². The zero-order chi connectivity index (χ0) is 22.8. The van der Waals surface area contributed by atoms with Crippen molar-refractivity contribution in [1.82, 2.24) is 4.57 Å². The van der Waals surface area contributed by atoms with E-state index >= 15 is 0 Å². The van der Waals surface area contributed by atoms with Crippen LogP contribution < -0.4 is 19.6 Å². The summed E-state index contributed by atoms with van der Waals surface area (Å²) in [5.41, 5.74) is 1.43. The van der Waals surface area contributed by atoms with Crippen LogP contribution in [0.25, 0.3) is 6.08 Å². The molecule has 0 fully saturated rings. The molecule has 0 saturated heterocycles. The summed E-state index contributed by atoms with van der Waals surface area (Å²) in [6.07, 6.45) is 1.51. The Kier molecular flexibility index (Phi) is 6.05. The molecule has 0 bridgehead atoms. The quantitative estimate of drug-likeness (QED) is 0.558. The van der Waals surface area contributed by atoms with Crippen molar-refractivity contribution in [3.63, 3.8) is 0 Å². The maximum Gasteiger partial charge on any atom is 0.338 e. The van der Waals surface area contributed by atoms with E-state index in [-0.39, 0.29) is 12.2 Å². The van der Waals surface area contributed by atoms with Gasteiger partial charge >= 0.3 is 5.97 Å². The number of benzene rings is 2. The van der Waals surface area contributed by atoms with E-state index in [9.17, 15) is 14.0 Å². The third kappa shape index (κ3) is 3.89. The Hall–Kier alpha value is -3.52. The minimum Gasteiger partial charge on any atom is -0.497 e. The Labute approximate surface area is 187 Å². The van der Waals surface area contributed by atoms with Gasteiger partial charge in [0.2, 0.25) is 0 Å². The molecule has 8 heteroatoms. The number of aromatic nitrogens is 1. The van der Waals surface area contributed by atoms with Crippen molar-refractivity contribution < 1.29 is 18.7 Å². The SMILES string of the molecule is CCOC(=O)C1=C(C)N=c2s/c(=C/c3ccccc3F)c(=O)n2C1c1ccc(OC)cc1. The zero-order valence-corrected chi connectivity index (χ0v) is 18.6. The van der Waals surface area contributed by atoms with Gasteiger partial charge in [0.05, 0.1) is 35.6 Å². The van der Waals surface area contributed by atoms with Gasteiger partial charge in [-0.3, -0.25) is 9.36 Å². The summed E-state index contributed by atoms with van der Waals surface area (Å²) in [5, 5.41) is 0. The molecule has 0 saturated carbocycles. The summed E-state index contributed by atoms with van der Waals surface area (Å²) >= 11 is 1.15. The van der Waals surface area contributed by atoms with E-state index in [2.05, 4.69) is 4.99 Å². The van der Waals surface area contributed by atoms with Crippen LogP contribution in [0.5, 0.6) is 5.75 Å². The molecule has 0 aliphatic carbocycles. The molecule has 1 aromatic heterocycles. The van der Waals surface area contributed by atoms with Gasteiger partial charge in [0, 0.05) is 5.56 Å². The lowest BCUT2D eigenvalue weighted by atomic mass is 9.96. The number of ether oxygens (including phenoxy) is 2. The molecule has 6 nitrogen and oxygen atoms in total. The first-order valence-electron chi connectivity index (χ1n) is 10.0. The molecule has 32 heavy (non-hydrogen) atoms. The van der Waals surface area contributed by atoms with Crippen LogP contribution in [-0.4, -0.2) is 24.3 Å². The number of esters is 1. The fraction of sp³-hybridized carbons (Fsp3) is 0.208. The molecule has 4 rings (SSSR count). The molecule has 0 radical (unpaired) electrons. The average Bonchev–Trinajstić information content (AvgIpc) is 3.09. The summed E-state index contributed by atoms with van der Waals surface area (Å²) in [6, 6.07) is 12.6. The number of hydrogen-bond acceptors (Lipinski definition) is 6. The topological polar surface area (TPSA) is 69.9 Å². The highest BCUT2D eigenvalue weighted by Gasteiger charge is 2.33.